The summed E-state index contributed by atoms with van der Waals surface area (Å²) in [5, 5.41) is 9.97. The van der Waals surface area contributed by atoms with Gasteiger partial charge in [-0.1, -0.05) is 41.9 Å². The summed E-state index contributed by atoms with van der Waals surface area (Å²) >= 11 is 6.99. The van der Waals surface area contributed by atoms with E-state index in [4.69, 9.17) is 21.1 Å². The van der Waals surface area contributed by atoms with E-state index in [0.717, 1.165) is 15.8 Å². The Morgan fingerprint density at radius 2 is 1.87 bits per heavy atom. The molecule has 0 spiro atoms. The highest BCUT2D eigenvalue weighted by molar-refractivity contribution is 6.36. The Kier molecular flexibility index (Phi) is 10.1. The third-order valence-electron chi connectivity index (χ3n) is 7.79. The average Bonchev–Trinajstić information content (AvgIpc) is 3.47. The molecule has 2 aromatic heterocycles. The van der Waals surface area contributed by atoms with Crippen LogP contribution in [0.25, 0.3) is 22.4 Å². The summed E-state index contributed by atoms with van der Waals surface area (Å²) in [7, 11) is 2.94. The van der Waals surface area contributed by atoms with Gasteiger partial charge in [0.25, 0.3) is 11.5 Å². The van der Waals surface area contributed by atoms with Crippen molar-refractivity contribution in [1.29, 1.82) is 0 Å². The van der Waals surface area contributed by atoms with E-state index >= 15 is 0 Å². The van der Waals surface area contributed by atoms with E-state index in [2.05, 4.69) is 25.7 Å². The fourth-order valence-electron chi connectivity index (χ4n) is 5.35. The lowest BCUT2D eigenvalue weighted by Crippen LogP contribution is -2.42. The molecule has 1 aliphatic rings. The van der Waals surface area contributed by atoms with E-state index in [-0.39, 0.29) is 43.1 Å². The first-order valence-corrected chi connectivity index (χ1v) is 15.3. The predicted octanol–water partition coefficient (Wildman–Crippen LogP) is 4.36. The van der Waals surface area contributed by atoms with Crippen LogP contribution in [-0.2, 0) is 23.1 Å². The lowest BCUT2D eigenvalue weighted by molar-refractivity contribution is -0.119. The van der Waals surface area contributed by atoms with Gasteiger partial charge in [-0.15, -0.1) is 0 Å². The molecule has 1 unspecified atom stereocenters. The molecule has 14 heteroatoms. The average molecular weight is 660 g/mol. The molecule has 1 fully saturated rings. The number of halogens is 1. The van der Waals surface area contributed by atoms with Crippen LogP contribution in [-0.4, -0.2) is 68.9 Å². The fraction of sp³-hybridized carbons (Fsp3) is 0.303. The number of benzene rings is 2. The smallest absolute Gasteiger partial charge is 0.410 e. The number of methoxy groups -OCH3 is 1. The lowest BCUT2D eigenvalue weighted by atomic mass is 9.96. The van der Waals surface area contributed by atoms with E-state index in [1.807, 2.05) is 31.2 Å². The molecule has 244 valence electrons. The van der Waals surface area contributed by atoms with Crippen molar-refractivity contribution < 1.29 is 23.9 Å². The number of nitrogens with zero attached hydrogens (tertiary/aromatic N) is 5. The van der Waals surface area contributed by atoms with Gasteiger partial charge in [-0.2, -0.15) is 5.10 Å². The monoisotopic (exact) mass is 659 g/mol. The third-order valence-corrected chi connectivity index (χ3v) is 8.20. The molecule has 0 radical (unpaired) electrons. The van der Waals surface area contributed by atoms with Crippen LogP contribution in [0.5, 0.6) is 5.88 Å². The second kappa shape index (κ2) is 14.4. The zero-order valence-corrected chi connectivity index (χ0v) is 27.1. The highest BCUT2D eigenvalue weighted by Crippen LogP contribution is 2.39. The number of aromatic nitrogens is 4. The van der Waals surface area contributed by atoms with Crippen LogP contribution in [0.15, 0.2) is 59.7 Å². The summed E-state index contributed by atoms with van der Waals surface area (Å²) in [5.74, 6) is -0.398. The second-order valence-corrected chi connectivity index (χ2v) is 11.2. The number of hydrogen-bond acceptors (Lipinski definition) is 9. The van der Waals surface area contributed by atoms with Gasteiger partial charge >= 0.3 is 6.09 Å². The second-order valence-electron chi connectivity index (χ2n) is 10.9. The molecular weight excluding hydrogens is 626 g/mol. The van der Waals surface area contributed by atoms with Gasteiger partial charge in [0.1, 0.15) is 11.3 Å². The standard InChI is InChI=1S/C33H34ClN7O6/c1-5-47-33(45)41(17-20-12-13-28(42)37-20)18-27-31(46-4)39-26(16-35-27)23-10-6-9-22(29(23)34)21-8-7-11-25(19(21)2)38-30(43)24-14-15-36-40(3)32(24)44/h6-11,14-16,20H,5,12-13,17-18H2,1-4H3,(H,37,42)(H,38,43). The minimum Gasteiger partial charge on any atom is -0.480 e. The Labute approximate surface area is 275 Å². The normalized spacial score (nSPS) is 14.0. The fourth-order valence-corrected chi connectivity index (χ4v) is 5.67. The highest BCUT2D eigenvalue weighted by atomic mass is 35.5. The van der Waals surface area contributed by atoms with Gasteiger partial charge in [0, 0.05) is 49.1 Å². The lowest BCUT2D eigenvalue weighted by Gasteiger charge is -2.25. The number of carbonyl (C=O) groups is 3. The molecule has 3 amide bonds. The molecule has 47 heavy (non-hydrogen) atoms. The van der Waals surface area contributed by atoms with Gasteiger partial charge in [0.05, 0.1) is 37.2 Å². The molecule has 1 saturated heterocycles. The van der Waals surface area contributed by atoms with E-state index in [9.17, 15) is 19.2 Å². The highest BCUT2D eigenvalue weighted by Gasteiger charge is 2.28. The van der Waals surface area contributed by atoms with Gasteiger partial charge in [-0.3, -0.25) is 19.4 Å². The zero-order valence-electron chi connectivity index (χ0n) is 26.4. The molecule has 3 heterocycles. The Hall–Kier alpha value is -5.30. The molecule has 1 aliphatic heterocycles. The number of carbonyl (C=O) groups excluding carboxylic acids is 3. The van der Waals surface area contributed by atoms with Crippen LogP contribution in [0.2, 0.25) is 5.02 Å². The minimum absolute atomic E-state index is 0.0287. The van der Waals surface area contributed by atoms with Crippen LogP contribution in [0.3, 0.4) is 0 Å². The predicted molar refractivity (Wildman–Crippen MR) is 175 cm³/mol. The molecule has 5 rings (SSSR count). The summed E-state index contributed by atoms with van der Waals surface area (Å²) in [5.41, 5.74) is 3.61. The number of hydrogen-bond donors (Lipinski definition) is 2. The molecule has 0 bridgehead atoms. The Morgan fingerprint density at radius 1 is 1.13 bits per heavy atom. The van der Waals surface area contributed by atoms with Crippen molar-refractivity contribution in [1.82, 2.24) is 30.0 Å². The molecule has 13 nitrogen and oxygen atoms in total. The molecule has 1 atom stereocenters. The number of amides is 3. The first-order valence-electron chi connectivity index (χ1n) is 14.9. The summed E-state index contributed by atoms with van der Waals surface area (Å²) in [6.45, 7) is 4.08. The van der Waals surface area contributed by atoms with E-state index in [1.54, 1.807) is 25.3 Å². The third kappa shape index (κ3) is 7.25. The van der Waals surface area contributed by atoms with Crippen LogP contribution >= 0.6 is 11.6 Å². The summed E-state index contributed by atoms with van der Waals surface area (Å²) in [6.07, 6.45) is 3.44. The van der Waals surface area contributed by atoms with Gasteiger partial charge in [-0.05, 0) is 43.5 Å². The maximum atomic E-state index is 13.0. The summed E-state index contributed by atoms with van der Waals surface area (Å²) < 4.78 is 11.9. The van der Waals surface area contributed by atoms with Gasteiger partial charge < -0.3 is 25.0 Å². The Balaban J connectivity index is 1.42. The van der Waals surface area contributed by atoms with E-state index in [0.29, 0.717) is 46.1 Å². The van der Waals surface area contributed by atoms with Gasteiger partial charge in [0.15, 0.2) is 0 Å². The van der Waals surface area contributed by atoms with Crippen molar-refractivity contribution in [3.05, 3.63) is 87.1 Å². The van der Waals surface area contributed by atoms with E-state index in [1.165, 1.54) is 31.3 Å². The van der Waals surface area contributed by atoms with Crippen LogP contribution < -0.4 is 20.9 Å². The quantitative estimate of drug-likeness (QED) is 0.252. The molecule has 0 aliphatic carbocycles. The van der Waals surface area contributed by atoms with Gasteiger partial charge in [0.2, 0.25) is 11.8 Å². The molecule has 2 aromatic carbocycles. The molecular formula is C33H34ClN7O6. The topological polar surface area (TPSA) is 158 Å². The van der Waals surface area contributed by atoms with Crippen LogP contribution in [0, 0.1) is 6.92 Å². The number of nitrogens with one attached hydrogen (secondary N) is 2. The molecule has 4 aromatic rings. The SMILES string of the molecule is CCOC(=O)N(Cc1ncc(-c2cccc(-c3cccc(NC(=O)c4ccnn(C)c4=O)c3C)c2Cl)nc1OC)CC1CCC(=O)N1. The Bertz CT molecular complexity index is 1900. The first-order chi connectivity index (χ1) is 22.6. The van der Waals surface area contributed by atoms with Crippen molar-refractivity contribution >= 4 is 35.2 Å². The zero-order chi connectivity index (χ0) is 33.7. The van der Waals surface area contributed by atoms with Gasteiger partial charge in [-0.25, -0.2) is 14.5 Å². The maximum absolute atomic E-state index is 13.0. The summed E-state index contributed by atoms with van der Waals surface area (Å²) in [4.78, 5) is 60.6. The number of anilines is 1. The maximum Gasteiger partial charge on any atom is 0.410 e. The van der Waals surface area contributed by atoms with Crippen molar-refractivity contribution in [3.8, 4) is 28.3 Å². The van der Waals surface area contributed by atoms with Crippen LogP contribution in [0.4, 0.5) is 10.5 Å². The van der Waals surface area contributed by atoms with Crippen molar-refractivity contribution in [2.24, 2.45) is 7.05 Å². The molecule has 0 saturated carbocycles. The minimum atomic E-state index is -0.551. The van der Waals surface area contributed by atoms with Crippen molar-refractivity contribution in [2.45, 2.75) is 39.3 Å². The summed E-state index contributed by atoms with van der Waals surface area (Å²) in [6, 6.07) is 12.1. The number of ether oxygens (including phenoxy) is 2. The largest absolute Gasteiger partial charge is 0.480 e. The Morgan fingerprint density at radius 3 is 2.60 bits per heavy atom. The van der Waals surface area contributed by atoms with Crippen molar-refractivity contribution in [2.75, 3.05) is 25.6 Å². The number of aryl methyl sites for hydroxylation is 1. The number of rotatable bonds is 10. The first kappa shape index (κ1) is 33.1. The van der Waals surface area contributed by atoms with Crippen LogP contribution in [0.1, 0.15) is 41.4 Å². The van der Waals surface area contributed by atoms with E-state index < -0.39 is 17.6 Å². The molecule has 2 N–H and O–H groups in total. The van der Waals surface area contributed by atoms with Crippen molar-refractivity contribution in [3.63, 3.8) is 0 Å².